The van der Waals surface area contributed by atoms with Crippen molar-refractivity contribution in [1.82, 2.24) is 5.32 Å². The number of carbonyl (C=O) groups excluding carboxylic acids is 2. The SMILES string of the molecule is O=C1N=C2N=CC=C2NC1=O. The Balaban J connectivity index is 2.49. The van der Waals surface area contributed by atoms with Crippen LogP contribution in [0.3, 0.4) is 0 Å². The van der Waals surface area contributed by atoms with Gasteiger partial charge in [0.15, 0.2) is 5.84 Å². The first kappa shape index (κ1) is 5.96. The maximum atomic E-state index is 10.7. The van der Waals surface area contributed by atoms with Gasteiger partial charge in [0, 0.05) is 6.21 Å². The number of nitrogens with zero attached hydrogens (tertiary/aromatic N) is 2. The first-order valence-electron chi connectivity index (χ1n) is 2.96. The first-order chi connectivity index (χ1) is 5.27. The topological polar surface area (TPSA) is 70.9 Å². The molecule has 2 amide bonds. The van der Waals surface area contributed by atoms with Crippen LogP contribution in [0.1, 0.15) is 0 Å². The van der Waals surface area contributed by atoms with E-state index in [0.717, 1.165) is 0 Å². The van der Waals surface area contributed by atoms with Gasteiger partial charge < -0.3 is 5.32 Å². The highest BCUT2D eigenvalue weighted by Crippen LogP contribution is 2.06. The van der Waals surface area contributed by atoms with Crippen LogP contribution in [0.4, 0.5) is 0 Å². The van der Waals surface area contributed by atoms with Gasteiger partial charge in [-0.3, -0.25) is 9.59 Å². The fraction of sp³-hybridized carbons (Fsp3) is 0. The molecule has 2 aliphatic rings. The fourth-order valence-corrected chi connectivity index (χ4v) is 0.836. The lowest BCUT2D eigenvalue weighted by Crippen LogP contribution is -2.36. The molecular weight excluding hydrogens is 146 g/mol. The van der Waals surface area contributed by atoms with E-state index in [9.17, 15) is 9.59 Å². The fourth-order valence-electron chi connectivity index (χ4n) is 0.836. The predicted molar refractivity (Wildman–Crippen MR) is 37.2 cm³/mol. The van der Waals surface area contributed by atoms with Crippen LogP contribution in [0.2, 0.25) is 0 Å². The predicted octanol–water partition coefficient (Wildman–Crippen LogP) is -0.990. The van der Waals surface area contributed by atoms with E-state index in [1.807, 2.05) is 0 Å². The Kier molecular flexibility index (Phi) is 1.00. The minimum Gasteiger partial charge on any atom is -0.314 e. The number of rotatable bonds is 0. The van der Waals surface area contributed by atoms with Crippen molar-refractivity contribution < 1.29 is 9.59 Å². The van der Waals surface area contributed by atoms with E-state index in [2.05, 4.69) is 15.3 Å². The van der Waals surface area contributed by atoms with Crippen LogP contribution in [-0.4, -0.2) is 23.9 Å². The number of carbonyl (C=O) groups is 2. The third-order valence-corrected chi connectivity index (χ3v) is 1.33. The lowest BCUT2D eigenvalue weighted by molar-refractivity contribution is -0.136. The second kappa shape index (κ2) is 1.85. The van der Waals surface area contributed by atoms with Crippen molar-refractivity contribution in [3.8, 4) is 0 Å². The Labute approximate surface area is 61.5 Å². The van der Waals surface area contributed by atoms with Crippen molar-refractivity contribution in [1.29, 1.82) is 0 Å². The van der Waals surface area contributed by atoms with Gasteiger partial charge in [0.2, 0.25) is 0 Å². The molecule has 0 aromatic heterocycles. The average Bonchev–Trinajstić information content (AvgIpc) is 2.36. The molecule has 0 aromatic rings. The van der Waals surface area contributed by atoms with Gasteiger partial charge in [-0.25, -0.2) is 4.99 Å². The van der Waals surface area contributed by atoms with Crippen LogP contribution < -0.4 is 5.32 Å². The Hall–Kier alpha value is -1.78. The van der Waals surface area contributed by atoms with Gasteiger partial charge in [0.25, 0.3) is 0 Å². The van der Waals surface area contributed by atoms with Crippen LogP contribution >= 0.6 is 0 Å². The molecule has 0 radical (unpaired) electrons. The molecule has 0 aliphatic carbocycles. The minimum absolute atomic E-state index is 0.287. The number of allylic oxidation sites excluding steroid dienone is 1. The summed E-state index contributed by atoms with van der Waals surface area (Å²) in [4.78, 5) is 28.5. The largest absolute Gasteiger partial charge is 0.337 e. The Bertz CT molecular complexity index is 338. The summed E-state index contributed by atoms with van der Waals surface area (Å²) in [6.07, 6.45) is 3.07. The molecule has 0 fully saturated rings. The van der Waals surface area contributed by atoms with E-state index in [0.29, 0.717) is 5.70 Å². The molecule has 2 heterocycles. The summed E-state index contributed by atoms with van der Waals surface area (Å²) in [7, 11) is 0. The normalized spacial score (nSPS) is 20.7. The highest BCUT2D eigenvalue weighted by atomic mass is 16.2. The lowest BCUT2D eigenvalue weighted by atomic mass is 10.3. The second-order valence-electron chi connectivity index (χ2n) is 2.05. The van der Waals surface area contributed by atoms with Gasteiger partial charge in [-0.05, 0) is 6.08 Å². The molecule has 0 unspecified atom stereocenters. The maximum Gasteiger partial charge on any atom is 0.337 e. The summed E-state index contributed by atoms with van der Waals surface area (Å²) >= 11 is 0. The van der Waals surface area contributed by atoms with Gasteiger partial charge in [-0.1, -0.05) is 0 Å². The number of amidine groups is 1. The summed E-state index contributed by atoms with van der Waals surface area (Å²) < 4.78 is 0. The third kappa shape index (κ3) is 0.778. The van der Waals surface area contributed by atoms with Gasteiger partial charge >= 0.3 is 11.8 Å². The van der Waals surface area contributed by atoms with Crippen molar-refractivity contribution in [2.24, 2.45) is 9.98 Å². The van der Waals surface area contributed by atoms with Crippen LogP contribution in [0.15, 0.2) is 21.8 Å². The molecule has 0 atom stereocenters. The number of nitrogens with one attached hydrogen (secondary N) is 1. The van der Waals surface area contributed by atoms with Crippen LogP contribution in [-0.2, 0) is 9.59 Å². The Morgan fingerprint density at radius 3 is 3.00 bits per heavy atom. The summed E-state index contributed by atoms with van der Waals surface area (Å²) in [5, 5.41) is 2.34. The molecule has 5 nitrogen and oxygen atoms in total. The van der Waals surface area contributed by atoms with Gasteiger partial charge in [0.05, 0.1) is 5.70 Å². The zero-order valence-electron chi connectivity index (χ0n) is 5.37. The molecule has 5 heteroatoms. The minimum atomic E-state index is -0.795. The monoisotopic (exact) mass is 149 g/mol. The molecule has 2 rings (SSSR count). The Morgan fingerprint density at radius 1 is 1.36 bits per heavy atom. The molecule has 0 aromatic carbocycles. The van der Waals surface area contributed by atoms with E-state index in [1.165, 1.54) is 6.21 Å². The molecule has 0 saturated carbocycles. The highest BCUT2D eigenvalue weighted by Gasteiger charge is 2.24. The van der Waals surface area contributed by atoms with Crippen LogP contribution in [0, 0.1) is 0 Å². The van der Waals surface area contributed by atoms with E-state index in [-0.39, 0.29) is 5.84 Å². The number of hydrogen-bond donors (Lipinski definition) is 1. The van der Waals surface area contributed by atoms with E-state index < -0.39 is 11.8 Å². The Morgan fingerprint density at radius 2 is 2.18 bits per heavy atom. The molecule has 0 saturated heterocycles. The van der Waals surface area contributed by atoms with Crippen molar-refractivity contribution in [3.63, 3.8) is 0 Å². The van der Waals surface area contributed by atoms with Crippen molar-refractivity contribution in [3.05, 3.63) is 11.8 Å². The van der Waals surface area contributed by atoms with Crippen LogP contribution in [0.25, 0.3) is 0 Å². The lowest BCUT2D eigenvalue weighted by Gasteiger charge is -2.07. The second-order valence-corrected chi connectivity index (χ2v) is 2.05. The van der Waals surface area contributed by atoms with Gasteiger partial charge in [-0.15, -0.1) is 0 Å². The van der Waals surface area contributed by atoms with E-state index in [1.54, 1.807) is 6.08 Å². The molecule has 0 spiro atoms. The van der Waals surface area contributed by atoms with Crippen LogP contribution in [0.5, 0.6) is 0 Å². The van der Waals surface area contributed by atoms with Gasteiger partial charge in [0.1, 0.15) is 0 Å². The zero-order valence-corrected chi connectivity index (χ0v) is 5.37. The molecular formula is C6H3N3O2. The van der Waals surface area contributed by atoms with E-state index in [4.69, 9.17) is 0 Å². The summed E-state index contributed by atoms with van der Waals surface area (Å²) in [6.45, 7) is 0. The number of aliphatic imine (C=N–C) groups is 2. The third-order valence-electron chi connectivity index (χ3n) is 1.33. The summed E-state index contributed by atoms with van der Waals surface area (Å²) in [5.41, 5.74) is 0.495. The first-order valence-corrected chi connectivity index (χ1v) is 2.96. The molecule has 0 bridgehead atoms. The molecule has 2 aliphatic heterocycles. The number of fused-ring (bicyclic) bond motifs is 1. The number of amides is 2. The summed E-state index contributed by atoms with van der Waals surface area (Å²) in [6, 6.07) is 0. The highest BCUT2D eigenvalue weighted by molar-refractivity contribution is 6.42. The molecule has 54 valence electrons. The zero-order chi connectivity index (χ0) is 7.84. The smallest absolute Gasteiger partial charge is 0.314 e. The standard InChI is InChI=1S/C6H3N3O2/c10-5-6(11)9-4-3(8-5)1-2-7-4/h1-2H,(H,8,10). The number of hydrogen-bond acceptors (Lipinski definition) is 3. The molecule has 11 heavy (non-hydrogen) atoms. The quantitative estimate of drug-likeness (QED) is 0.449. The maximum absolute atomic E-state index is 10.7. The van der Waals surface area contributed by atoms with Crippen molar-refractivity contribution in [2.45, 2.75) is 0 Å². The van der Waals surface area contributed by atoms with Gasteiger partial charge in [-0.2, -0.15) is 4.99 Å². The van der Waals surface area contributed by atoms with Crippen molar-refractivity contribution in [2.75, 3.05) is 0 Å². The molecule has 1 N–H and O–H groups in total. The summed E-state index contributed by atoms with van der Waals surface area (Å²) in [5.74, 6) is -1.21. The average molecular weight is 149 g/mol. The van der Waals surface area contributed by atoms with Crippen molar-refractivity contribution >= 4 is 23.9 Å². The van der Waals surface area contributed by atoms with E-state index >= 15 is 0 Å².